The van der Waals surface area contributed by atoms with E-state index in [1.165, 1.54) is 11.1 Å². The van der Waals surface area contributed by atoms with E-state index in [-0.39, 0.29) is 11.9 Å². The molecule has 1 saturated heterocycles. The van der Waals surface area contributed by atoms with Crippen LogP contribution in [0.5, 0.6) is 0 Å². The Morgan fingerprint density at radius 1 is 1.28 bits per heavy atom. The Balaban J connectivity index is 1.63. The van der Waals surface area contributed by atoms with Crippen LogP contribution in [-0.2, 0) is 11.2 Å². The van der Waals surface area contributed by atoms with Crippen LogP contribution >= 0.6 is 0 Å². The van der Waals surface area contributed by atoms with Crippen molar-refractivity contribution in [3.8, 4) is 0 Å². The molecule has 0 radical (unpaired) electrons. The molecule has 1 aromatic heterocycles. The fourth-order valence-electron chi connectivity index (χ4n) is 3.07. The summed E-state index contributed by atoms with van der Waals surface area (Å²) in [6.07, 6.45) is 4.24. The van der Waals surface area contributed by atoms with Gasteiger partial charge in [0.1, 0.15) is 0 Å². The maximum absolute atomic E-state index is 12.6. The van der Waals surface area contributed by atoms with E-state index < -0.39 is 0 Å². The number of hydrogen-bond donors (Lipinski definition) is 1. The minimum atomic E-state index is -0.0799. The first-order chi connectivity index (χ1) is 12.1. The summed E-state index contributed by atoms with van der Waals surface area (Å²) in [5.41, 5.74) is 4.08. The zero-order valence-electron chi connectivity index (χ0n) is 14.9. The van der Waals surface area contributed by atoms with Crippen molar-refractivity contribution in [2.45, 2.75) is 26.3 Å². The third-order valence-corrected chi connectivity index (χ3v) is 4.53. The fraction of sp³-hybridized carbons (Fsp3) is 0.400. The second kappa shape index (κ2) is 8.12. The summed E-state index contributed by atoms with van der Waals surface area (Å²) >= 11 is 0. The lowest BCUT2D eigenvalue weighted by Gasteiger charge is -2.28. The molecule has 25 heavy (non-hydrogen) atoms. The van der Waals surface area contributed by atoms with Crippen LogP contribution in [0.15, 0.2) is 42.7 Å². The molecule has 0 saturated carbocycles. The highest BCUT2D eigenvalue weighted by atomic mass is 16.5. The summed E-state index contributed by atoms with van der Waals surface area (Å²) in [7, 11) is 0. The molecule has 0 aliphatic carbocycles. The molecule has 1 amide bonds. The number of nitrogens with one attached hydrogen (secondary N) is 1. The van der Waals surface area contributed by atoms with Crippen molar-refractivity contribution in [2.75, 3.05) is 31.2 Å². The van der Waals surface area contributed by atoms with Crippen molar-refractivity contribution in [2.24, 2.45) is 0 Å². The van der Waals surface area contributed by atoms with Crippen molar-refractivity contribution < 1.29 is 9.53 Å². The van der Waals surface area contributed by atoms with Gasteiger partial charge in [-0.2, -0.15) is 0 Å². The number of aryl methyl sites for hydroxylation is 1. The molecule has 2 aromatic rings. The van der Waals surface area contributed by atoms with Crippen LogP contribution in [0, 0.1) is 6.92 Å². The number of carbonyl (C=O) groups excluding carboxylic acids is 1. The summed E-state index contributed by atoms with van der Waals surface area (Å²) < 4.78 is 5.38. The van der Waals surface area contributed by atoms with Crippen LogP contribution in [0.1, 0.15) is 28.4 Å². The Kier molecular flexibility index (Phi) is 5.66. The first kappa shape index (κ1) is 17.4. The first-order valence-electron chi connectivity index (χ1n) is 8.76. The molecule has 2 heterocycles. The van der Waals surface area contributed by atoms with Gasteiger partial charge in [0.05, 0.1) is 30.7 Å². The van der Waals surface area contributed by atoms with Crippen molar-refractivity contribution in [1.29, 1.82) is 0 Å². The van der Waals surface area contributed by atoms with Gasteiger partial charge in [0.25, 0.3) is 5.91 Å². The van der Waals surface area contributed by atoms with E-state index in [1.807, 2.05) is 25.1 Å². The average molecular weight is 339 g/mol. The summed E-state index contributed by atoms with van der Waals surface area (Å²) in [6.45, 7) is 7.21. The van der Waals surface area contributed by atoms with Gasteiger partial charge in [-0.05, 0) is 37.5 Å². The number of benzene rings is 1. The second-order valence-corrected chi connectivity index (χ2v) is 6.54. The summed E-state index contributed by atoms with van der Waals surface area (Å²) in [6, 6.07) is 10.2. The molecule has 1 fully saturated rings. The number of nitrogens with zero attached hydrogens (tertiary/aromatic N) is 2. The number of amides is 1. The van der Waals surface area contributed by atoms with Gasteiger partial charge in [0.15, 0.2) is 0 Å². The second-order valence-electron chi connectivity index (χ2n) is 6.54. The van der Waals surface area contributed by atoms with Crippen LogP contribution in [-0.4, -0.2) is 43.2 Å². The molecule has 1 atom stereocenters. The average Bonchev–Trinajstić information content (AvgIpc) is 2.64. The molecule has 0 spiro atoms. The minimum Gasteiger partial charge on any atom is -0.378 e. The Bertz CT molecular complexity index is 726. The Morgan fingerprint density at radius 2 is 2.04 bits per heavy atom. The topological polar surface area (TPSA) is 54.5 Å². The van der Waals surface area contributed by atoms with E-state index in [0.717, 1.165) is 25.2 Å². The number of morpholine rings is 1. The van der Waals surface area contributed by atoms with Crippen LogP contribution in [0.3, 0.4) is 0 Å². The number of pyridine rings is 1. The zero-order valence-corrected chi connectivity index (χ0v) is 14.9. The van der Waals surface area contributed by atoms with E-state index in [2.05, 4.69) is 34.3 Å². The molecule has 1 N–H and O–H groups in total. The smallest absolute Gasteiger partial charge is 0.253 e. The van der Waals surface area contributed by atoms with Crippen LogP contribution < -0.4 is 10.2 Å². The number of hydrogen-bond acceptors (Lipinski definition) is 4. The third kappa shape index (κ3) is 4.57. The highest BCUT2D eigenvalue weighted by molar-refractivity contribution is 5.94. The lowest BCUT2D eigenvalue weighted by Crippen LogP contribution is -2.37. The Hall–Kier alpha value is -2.40. The summed E-state index contributed by atoms with van der Waals surface area (Å²) in [4.78, 5) is 19.0. The van der Waals surface area contributed by atoms with Crippen LogP contribution in [0.4, 0.5) is 5.69 Å². The maximum Gasteiger partial charge on any atom is 0.253 e. The first-order valence-corrected chi connectivity index (χ1v) is 8.76. The van der Waals surface area contributed by atoms with Gasteiger partial charge < -0.3 is 15.0 Å². The normalized spacial score (nSPS) is 15.7. The lowest BCUT2D eigenvalue weighted by molar-refractivity contribution is 0.0939. The van der Waals surface area contributed by atoms with Gasteiger partial charge in [0, 0.05) is 25.3 Å². The van der Waals surface area contributed by atoms with E-state index >= 15 is 0 Å². The van der Waals surface area contributed by atoms with Gasteiger partial charge in [-0.25, -0.2) is 0 Å². The van der Waals surface area contributed by atoms with Crippen LogP contribution in [0.25, 0.3) is 0 Å². The predicted octanol–water partition coefficient (Wildman–Crippen LogP) is 2.59. The number of ether oxygens (including phenoxy) is 1. The molecule has 0 unspecified atom stereocenters. The Labute approximate surface area is 149 Å². The summed E-state index contributed by atoms with van der Waals surface area (Å²) in [5, 5.41) is 3.08. The lowest BCUT2D eigenvalue weighted by atomic mass is 10.0. The van der Waals surface area contributed by atoms with Gasteiger partial charge in [-0.1, -0.05) is 24.3 Å². The number of carbonyl (C=O) groups is 1. The molecule has 5 nitrogen and oxygen atoms in total. The van der Waals surface area contributed by atoms with E-state index in [4.69, 9.17) is 4.74 Å². The largest absolute Gasteiger partial charge is 0.378 e. The third-order valence-electron chi connectivity index (χ3n) is 4.53. The van der Waals surface area contributed by atoms with Gasteiger partial charge in [0.2, 0.25) is 0 Å². The number of anilines is 1. The van der Waals surface area contributed by atoms with Gasteiger partial charge >= 0.3 is 0 Å². The summed E-state index contributed by atoms with van der Waals surface area (Å²) in [5.74, 6) is -0.0799. The van der Waals surface area contributed by atoms with Crippen molar-refractivity contribution in [3.05, 3.63) is 59.4 Å². The van der Waals surface area contributed by atoms with E-state index in [0.29, 0.717) is 18.8 Å². The molecule has 1 aromatic carbocycles. The Morgan fingerprint density at radius 3 is 2.80 bits per heavy atom. The molecule has 5 heteroatoms. The molecule has 1 aliphatic rings. The van der Waals surface area contributed by atoms with E-state index in [1.54, 1.807) is 12.4 Å². The fourth-order valence-corrected chi connectivity index (χ4v) is 3.07. The van der Waals surface area contributed by atoms with Crippen molar-refractivity contribution >= 4 is 11.6 Å². The molecule has 132 valence electrons. The van der Waals surface area contributed by atoms with Crippen molar-refractivity contribution in [3.63, 3.8) is 0 Å². The highest BCUT2D eigenvalue weighted by Gasteiger charge is 2.15. The molecule has 0 bridgehead atoms. The maximum atomic E-state index is 12.6. The number of aromatic nitrogens is 1. The van der Waals surface area contributed by atoms with Gasteiger partial charge in [-0.3, -0.25) is 9.78 Å². The predicted molar refractivity (Wildman–Crippen MR) is 99.1 cm³/mol. The molecule has 3 rings (SSSR count). The zero-order chi connectivity index (χ0) is 17.6. The van der Waals surface area contributed by atoms with Crippen molar-refractivity contribution in [1.82, 2.24) is 10.3 Å². The van der Waals surface area contributed by atoms with Crippen LogP contribution in [0.2, 0.25) is 0 Å². The number of rotatable bonds is 5. The quantitative estimate of drug-likeness (QED) is 0.910. The monoisotopic (exact) mass is 339 g/mol. The highest BCUT2D eigenvalue weighted by Crippen LogP contribution is 2.16. The molecular formula is C20H25N3O2. The molecule has 1 aliphatic heterocycles. The molecular weight excluding hydrogens is 314 g/mol. The van der Waals surface area contributed by atoms with Gasteiger partial charge in [-0.15, -0.1) is 0 Å². The van der Waals surface area contributed by atoms with E-state index in [9.17, 15) is 4.79 Å². The standard InChI is InChI=1S/C20H25N3O2/c1-15-5-3-4-6-17(15)11-16(2)22-20(24)18-12-19(14-21-13-18)23-7-9-25-10-8-23/h3-6,12-14,16H,7-11H2,1-2H3,(H,22,24)/t16-/m1/s1. The SMILES string of the molecule is Cc1ccccc1C[C@@H](C)NC(=O)c1cncc(N2CCOCC2)c1. The minimum absolute atomic E-state index is 0.0562.